The molecule has 0 radical (unpaired) electrons. The Hall–Kier alpha value is -0.740. The number of rotatable bonds is 3. The van der Waals surface area contributed by atoms with Gasteiger partial charge in [-0.3, -0.25) is 4.79 Å². The number of benzene rings is 1. The summed E-state index contributed by atoms with van der Waals surface area (Å²) in [7, 11) is 1.55. The van der Waals surface area contributed by atoms with E-state index >= 15 is 0 Å². The van der Waals surface area contributed by atoms with Crippen LogP contribution in [-0.2, 0) is 9.12 Å². The first-order valence-corrected chi connectivity index (χ1v) is 5.39. The molecule has 5 heteroatoms. The fourth-order valence-electron chi connectivity index (χ4n) is 1.14. The van der Waals surface area contributed by atoms with E-state index in [9.17, 15) is 4.79 Å². The van der Waals surface area contributed by atoms with Crippen molar-refractivity contribution in [2.45, 2.75) is 11.2 Å². The Morgan fingerprint density at radius 2 is 2.20 bits per heavy atom. The van der Waals surface area contributed by atoms with Crippen molar-refractivity contribution in [1.82, 2.24) is 0 Å². The van der Waals surface area contributed by atoms with Crippen molar-refractivity contribution in [2.24, 2.45) is 5.73 Å². The number of nitrogens with two attached hydrogens (primary N) is 1. The predicted octanol–water partition coefficient (Wildman–Crippen LogP) is 2.44. The van der Waals surface area contributed by atoms with Gasteiger partial charge >= 0.3 is 0 Å². The van der Waals surface area contributed by atoms with Gasteiger partial charge in [-0.05, 0) is 24.6 Å². The number of carbonyl (C=O) groups is 1. The van der Waals surface area contributed by atoms with Crippen molar-refractivity contribution in [2.75, 3.05) is 7.11 Å². The van der Waals surface area contributed by atoms with Gasteiger partial charge in [0.05, 0.1) is 7.11 Å². The number of methoxy groups -OCH3 is 1. The highest BCUT2D eigenvalue weighted by Gasteiger charge is 2.31. The van der Waals surface area contributed by atoms with E-state index < -0.39 is 10.2 Å². The van der Waals surface area contributed by atoms with E-state index in [2.05, 4.69) is 15.9 Å². The Labute approximate surface area is 102 Å². The van der Waals surface area contributed by atoms with Crippen LogP contribution in [0.1, 0.15) is 12.5 Å². The molecule has 0 bridgehead atoms. The van der Waals surface area contributed by atoms with Gasteiger partial charge in [-0.2, -0.15) is 0 Å². The Bertz CT molecular complexity index is 393. The lowest BCUT2D eigenvalue weighted by Crippen LogP contribution is -2.32. The van der Waals surface area contributed by atoms with Crippen LogP contribution in [0.25, 0.3) is 0 Å². The molecule has 0 saturated carbocycles. The third-order valence-electron chi connectivity index (χ3n) is 2.14. The van der Waals surface area contributed by atoms with E-state index in [-0.39, 0.29) is 0 Å². The van der Waals surface area contributed by atoms with E-state index in [0.29, 0.717) is 16.3 Å². The number of amides is 1. The average Bonchev–Trinajstić information content (AvgIpc) is 2.16. The number of halogens is 2. The minimum atomic E-state index is -0.962. The molecule has 0 aromatic heterocycles. The van der Waals surface area contributed by atoms with Crippen molar-refractivity contribution in [3.8, 4) is 5.75 Å². The molecule has 0 saturated heterocycles. The predicted molar refractivity (Wildman–Crippen MR) is 63.5 cm³/mol. The number of alkyl halides is 1. The van der Waals surface area contributed by atoms with Crippen LogP contribution in [-0.4, -0.2) is 13.0 Å². The number of ether oxygens (including phenoxy) is 1. The fraction of sp³-hybridized carbons (Fsp3) is 0.300. The number of hydrogen-bond acceptors (Lipinski definition) is 2. The molecule has 0 heterocycles. The molecule has 3 nitrogen and oxygen atoms in total. The van der Waals surface area contributed by atoms with Gasteiger partial charge < -0.3 is 10.5 Å². The zero-order valence-electron chi connectivity index (χ0n) is 8.38. The first-order chi connectivity index (χ1) is 6.89. The summed E-state index contributed by atoms with van der Waals surface area (Å²) in [5, 5.41) is 0.438. The van der Waals surface area contributed by atoms with Crippen LogP contribution >= 0.6 is 27.5 Å². The van der Waals surface area contributed by atoms with Crippen LogP contribution in [0, 0.1) is 0 Å². The van der Waals surface area contributed by atoms with Gasteiger partial charge in [0.1, 0.15) is 10.1 Å². The maximum atomic E-state index is 11.2. The van der Waals surface area contributed by atoms with Gasteiger partial charge in [-0.1, -0.05) is 33.6 Å². The summed E-state index contributed by atoms with van der Waals surface area (Å²) >= 11 is 9.27. The first-order valence-electron chi connectivity index (χ1n) is 4.22. The number of carbonyl (C=O) groups excluding carboxylic acids is 1. The number of hydrogen-bond donors (Lipinski definition) is 1. The van der Waals surface area contributed by atoms with Crippen LogP contribution in [0.4, 0.5) is 0 Å². The maximum absolute atomic E-state index is 11.2. The first kappa shape index (κ1) is 12.3. The van der Waals surface area contributed by atoms with E-state index in [4.69, 9.17) is 22.1 Å². The minimum absolute atomic E-state index is 0.438. The highest BCUT2D eigenvalue weighted by molar-refractivity contribution is 9.10. The van der Waals surface area contributed by atoms with Crippen molar-refractivity contribution in [3.63, 3.8) is 0 Å². The summed E-state index contributed by atoms with van der Waals surface area (Å²) in [6, 6.07) is 5.07. The van der Waals surface area contributed by atoms with Gasteiger partial charge in [-0.25, -0.2) is 0 Å². The van der Waals surface area contributed by atoms with Crippen LogP contribution in [0.15, 0.2) is 18.2 Å². The summed E-state index contributed by atoms with van der Waals surface area (Å²) in [5.74, 6) is 0.145. The largest absolute Gasteiger partial charge is 0.497 e. The molecule has 2 N–H and O–H groups in total. The molecule has 1 unspecified atom stereocenters. The van der Waals surface area contributed by atoms with E-state index in [0.717, 1.165) is 0 Å². The smallest absolute Gasteiger partial charge is 0.238 e. The molecule has 1 aromatic carbocycles. The molecule has 15 heavy (non-hydrogen) atoms. The molecular weight excluding hydrogens is 281 g/mol. The molecule has 0 aliphatic heterocycles. The monoisotopic (exact) mass is 291 g/mol. The molecule has 0 spiro atoms. The molecule has 82 valence electrons. The van der Waals surface area contributed by atoms with Gasteiger partial charge in [0.25, 0.3) is 0 Å². The molecule has 1 rings (SSSR count). The van der Waals surface area contributed by atoms with Crippen molar-refractivity contribution in [1.29, 1.82) is 0 Å². The topological polar surface area (TPSA) is 52.3 Å². The normalized spacial score (nSPS) is 14.4. The Balaban J connectivity index is 3.22. The minimum Gasteiger partial charge on any atom is -0.497 e. The molecule has 1 atom stereocenters. The molecule has 1 aromatic rings. The van der Waals surface area contributed by atoms with E-state index in [1.165, 1.54) is 0 Å². The molecule has 0 fully saturated rings. The third kappa shape index (κ3) is 2.44. The zero-order valence-corrected chi connectivity index (χ0v) is 10.7. The summed E-state index contributed by atoms with van der Waals surface area (Å²) in [6.07, 6.45) is 0. The average molecular weight is 293 g/mol. The zero-order chi connectivity index (χ0) is 11.6. The Morgan fingerprint density at radius 3 is 2.60 bits per heavy atom. The second-order valence-electron chi connectivity index (χ2n) is 3.21. The van der Waals surface area contributed by atoms with Gasteiger partial charge in [-0.15, -0.1) is 0 Å². The van der Waals surface area contributed by atoms with Gasteiger partial charge in [0.2, 0.25) is 5.91 Å². The van der Waals surface area contributed by atoms with Crippen LogP contribution < -0.4 is 10.5 Å². The number of primary amides is 1. The molecule has 1 amide bonds. The fourth-order valence-corrected chi connectivity index (χ4v) is 1.96. The second kappa shape index (κ2) is 4.41. The molecule has 0 aliphatic rings. The Morgan fingerprint density at radius 1 is 1.60 bits per heavy atom. The summed E-state index contributed by atoms with van der Waals surface area (Å²) in [4.78, 5) is 11.2. The van der Waals surface area contributed by atoms with Crippen molar-refractivity contribution in [3.05, 3.63) is 28.8 Å². The molecule has 0 aliphatic carbocycles. The quantitative estimate of drug-likeness (QED) is 0.870. The van der Waals surface area contributed by atoms with Crippen LogP contribution in [0.3, 0.4) is 0 Å². The maximum Gasteiger partial charge on any atom is 0.238 e. The lowest BCUT2D eigenvalue weighted by atomic mass is 10.0. The summed E-state index contributed by atoms with van der Waals surface area (Å²) in [6.45, 7) is 1.66. The van der Waals surface area contributed by atoms with Crippen molar-refractivity contribution >= 4 is 33.4 Å². The Kier molecular flexibility index (Phi) is 3.62. The van der Waals surface area contributed by atoms with Crippen LogP contribution in [0.2, 0.25) is 5.02 Å². The van der Waals surface area contributed by atoms with Crippen molar-refractivity contribution < 1.29 is 9.53 Å². The summed E-state index contributed by atoms with van der Waals surface area (Å²) < 4.78 is 4.05. The van der Waals surface area contributed by atoms with Crippen LogP contribution in [0.5, 0.6) is 5.75 Å². The summed E-state index contributed by atoms with van der Waals surface area (Å²) in [5.41, 5.74) is 5.89. The SMILES string of the molecule is COc1ccc(C(C)(Br)C(N)=O)c(Cl)c1. The second-order valence-corrected chi connectivity index (χ2v) is 5.21. The standard InChI is InChI=1S/C10H11BrClNO2/c1-10(11,9(13)14)7-4-3-6(15-2)5-8(7)12/h3-5H,1-2H3,(H2,13,14). The highest BCUT2D eigenvalue weighted by Crippen LogP contribution is 2.36. The lowest BCUT2D eigenvalue weighted by molar-refractivity contribution is -0.119. The molecular formula is C10H11BrClNO2. The highest BCUT2D eigenvalue weighted by atomic mass is 79.9. The van der Waals surface area contributed by atoms with Gasteiger partial charge in [0.15, 0.2) is 0 Å². The van der Waals surface area contributed by atoms with E-state index in [1.807, 2.05) is 0 Å². The lowest BCUT2D eigenvalue weighted by Gasteiger charge is -2.20. The van der Waals surface area contributed by atoms with Gasteiger partial charge in [0, 0.05) is 5.02 Å². The third-order valence-corrected chi connectivity index (χ3v) is 3.28. The van der Waals surface area contributed by atoms with E-state index in [1.54, 1.807) is 32.2 Å².